The first-order chi connectivity index (χ1) is 11.8. The van der Waals surface area contributed by atoms with Crippen molar-refractivity contribution in [3.8, 4) is 11.3 Å². The molecule has 1 atom stereocenters. The van der Waals surface area contributed by atoms with Crippen LogP contribution in [0.25, 0.3) is 16.9 Å². The van der Waals surface area contributed by atoms with Gasteiger partial charge >= 0.3 is 0 Å². The minimum Gasteiger partial charge on any atom is -0.366 e. The van der Waals surface area contributed by atoms with Crippen LogP contribution in [0.3, 0.4) is 0 Å². The molecule has 0 aliphatic heterocycles. The highest BCUT2D eigenvalue weighted by Crippen LogP contribution is 2.22. The maximum atomic E-state index is 4.68. The van der Waals surface area contributed by atoms with Gasteiger partial charge in [0.1, 0.15) is 18.5 Å². The maximum absolute atomic E-state index is 4.68. The average Bonchev–Trinajstić information content (AvgIpc) is 3.27. The molecule has 0 amide bonds. The molecule has 3 heterocycles. The van der Waals surface area contributed by atoms with E-state index in [1.165, 1.54) is 0 Å². The summed E-state index contributed by atoms with van der Waals surface area (Å²) in [6.45, 7) is 2.81. The van der Waals surface area contributed by atoms with Crippen LogP contribution in [0, 0.1) is 0 Å². The van der Waals surface area contributed by atoms with Gasteiger partial charge in [-0.15, -0.1) is 0 Å². The molecule has 0 saturated heterocycles. The highest BCUT2D eigenvalue weighted by atomic mass is 15.3. The fourth-order valence-corrected chi connectivity index (χ4v) is 2.68. The van der Waals surface area contributed by atoms with Crippen LogP contribution < -0.4 is 5.32 Å². The molecule has 4 aromatic rings. The zero-order chi connectivity index (χ0) is 16.4. The molecule has 4 rings (SSSR count). The Balaban J connectivity index is 1.67. The molecule has 0 radical (unpaired) electrons. The third-order valence-electron chi connectivity index (χ3n) is 3.75. The maximum Gasteiger partial charge on any atom is 0.157 e. The van der Waals surface area contributed by atoms with Gasteiger partial charge in [0.2, 0.25) is 0 Å². The molecule has 1 N–H and O–H groups in total. The fourth-order valence-electron chi connectivity index (χ4n) is 2.68. The highest BCUT2D eigenvalue weighted by molar-refractivity contribution is 5.66. The first-order valence-electron chi connectivity index (χ1n) is 7.79. The lowest BCUT2D eigenvalue weighted by Crippen LogP contribution is -2.23. The van der Waals surface area contributed by atoms with E-state index in [0.717, 1.165) is 22.7 Å². The molecule has 7 heteroatoms. The molecule has 0 fully saturated rings. The van der Waals surface area contributed by atoms with Crippen LogP contribution in [0.5, 0.6) is 0 Å². The van der Waals surface area contributed by atoms with E-state index in [1.54, 1.807) is 23.5 Å². The molecular weight excluding hydrogens is 302 g/mol. The third kappa shape index (κ3) is 2.83. The standard InChI is InChI=1S/C17H17N7/c1-13(10-23-12-18-11-20-23)21-17-9-15(14-5-3-2-4-6-14)22-16-7-8-19-24(16)17/h2-9,11-13,21H,10H2,1H3/t13-/m1/s1. The first-order valence-corrected chi connectivity index (χ1v) is 7.79. The van der Waals surface area contributed by atoms with Crippen LogP contribution in [0.4, 0.5) is 5.82 Å². The largest absolute Gasteiger partial charge is 0.366 e. The molecule has 7 nitrogen and oxygen atoms in total. The molecular formula is C17H17N7. The molecule has 1 aromatic carbocycles. The van der Waals surface area contributed by atoms with Crippen LogP contribution in [-0.2, 0) is 6.54 Å². The lowest BCUT2D eigenvalue weighted by Gasteiger charge is -2.16. The summed E-state index contributed by atoms with van der Waals surface area (Å²) in [5.74, 6) is 0.900. The number of fused-ring (bicyclic) bond motifs is 1. The third-order valence-corrected chi connectivity index (χ3v) is 3.75. The molecule has 0 saturated carbocycles. The molecule has 0 unspecified atom stereocenters. The molecule has 0 aliphatic carbocycles. The van der Waals surface area contributed by atoms with Gasteiger partial charge in [-0.25, -0.2) is 9.97 Å². The SMILES string of the molecule is C[C@H](Cn1cncn1)Nc1cc(-c2ccccc2)nc2ccnn12. The van der Waals surface area contributed by atoms with E-state index >= 15 is 0 Å². The summed E-state index contributed by atoms with van der Waals surface area (Å²) in [4.78, 5) is 8.66. The number of benzene rings is 1. The molecule has 120 valence electrons. The summed E-state index contributed by atoms with van der Waals surface area (Å²) < 4.78 is 3.61. The Hall–Kier alpha value is -3.22. The number of anilines is 1. The summed E-state index contributed by atoms with van der Waals surface area (Å²) in [5, 5.41) is 12.0. The van der Waals surface area contributed by atoms with Crippen LogP contribution in [0.1, 0.15) is 6.92 Å². The number of hydrogen-bond acceptors (Lipinski definition) is 5. The van der Waals surface area contributed by atoms with Gasteiger partial charge in [-0.05, 0) is 6.92 Å². The molecule has 0 aliphatic rings. The quantitative estimate of drug-likeness (QED) is 0.612. The Labute approximate surface area is 139 Å². The highest BCUT2D eigenvalue weighted by Gasteiger charge is 2.11. The summed E-state index contributed by atoms with van der Waals surface area (Å²) >= 11 is 0. The Morgan fingerprint density at radius 3 is 2.79 bits per heavy atom. The normalized spacial score (nSPS) is 12.4. The van der Waals surface area contributed by atoms with E-state index in [4.69, 9.17) is 0 Å². The Kier molecular flexibility index (Phi) is 3.66. The van der Waals surface area contributed by atoms with Gasteiger partial charge < -0.3 is 5.32 Å². The van der Waals surface area contributed by atoms with Gasteiger partial charge in [0, 0.05) is 23.7 Å². The lowest BCUT2D eigenvalue weighted by molar-refractivity contribution is 0.557. The van der Waals surface area contributed by atoms with Crippen molar-refractivity contribution >= 4 is 11.5 Å². The van der Waals surface area contributed by atoms with E-state index < -0.39 is 0 Å². The first kappa shape index (κ1) is 14.4. The minimum atomic E-state index is 0.158. The van der Waals surface area contributed by atoms with Gasteiger partial charge in [0.05, 0.1) is 18.4 Å². The van der Waals surface area contributed by atoms with Crippen molar-refractivity contribution < 1.29 is 0 Å². The van der Waals surface area contributed by atoms with E-state index in [2.05, 4.69) is 44.5 Å². The predicted molar refractivity (Wildman–Crippen MR) is 91.5 cm³/mol. The second-order valence-electron chi connectivity index (χ2n) is 5.66. The summed E-state index contributed by atoms with van der Waals surface area (Å²) in [6.07, 6.45) is 5.01. The molecule has 0 spiro atoms. The van der Waals surface area contributed by atoms with Crippen LogP contribution >= 0.6 is 0 Å². The second kappa shape index (κ2) is 6.11. The zero-order valence-electron chi connectivity index (χ0n) is 13.2. The number of nitrogens with zero attached hydrogens (tertiary/aromatic N) is 6. The van der Waals surface area contributed by atoms with E-state index in [1.807, 2.05) is 34.8 Å². The monoisotopic (exact) mass is 319 g/mol. The second-order valence-corrected chi connectivity index (χ2v) is 5.66. The molecule has 24 heavy (non-hydrogen) atoms. The summed E-state index contributed by atoms with van der Waals surface area (Å²) in [5.41, 5.74) is 2.80. The van der Waals surface area contributed by atoms with Crippen molar-refractivity contribution in [1.29, 1.82) is 0 Å². The van der Waals surface area contributed by atoms with Crippen LogP contribution in [-0.4, -0.2) is 35.4 Å². The summed E-state index contributed by atoms with van der Waals surface area (Å²) in [7, 11) is 0. The van der Waals surface area contributed by atoms with Gasteiger partial charge in [0.15, 0.2) is 5.65 Å². The molecule has 3 aromatic heterocycles. The van der Waals surface area contributed by atoms with Crippen molar-refractivity contribution in [3.05, 3.63) is 61.3 Å². The van der Waals surface area contributed by atoms with Crippen molar-refractivity contribution in [2.75, 3.05) is 5.32 Å². The zero-order valence-corrected chi connectivity index (χ0v) is 13.2. The van der Waals surface area contributed by atoms with Crippen LogP contribution in [0.15, 0.2) is 61.3 Å². The van der Waals surface area contributed by atoms with Crippen LogP contribution in [0.2, 0.25) is 0 Å². The average molecular weight is 319 g/mol. The van der Waals surface area contributed by atoms with E-state index in [0.29, 0.717) is 6.54 Å². The predicted octanol–water partition coefficient (Wildman–Crippen LogP) is 2.49. The van der Waals surface area contributed by atoms with E-state index in [9.17, 15) is 0 Å². The van der Waals surface area contributed by atoms with Crippen molar-refractivity contribution in [2.24, 2.45) is 0 Å². The Morgan fingerprint density at radius 1 is 1.12 bits per heavy atom. The van der Waals surface area contributed by atoms with Crippen molar-refractivity contribution in [3.63, 3.8) is 0 Å². The number of hydrogen-bond donors (Lipinski definition) is 1. The Morgan fingerprint density at radius 2 is 2.00 bits per heavy atom. The number of aromatic nitrogens is 6. The van der Waals surface area contributed by atoms with Crippen molar-refractivity contribution in [2.45, 2.75) is 19.5 Å². The smallest absolute Gasteiger partial charge is 0.157 e. The van der Waals surface area contributed by atoms with Gasteiger partial charge in [0.25, 0.3) is 0 Å². The molecule has 0 bridgehead atoms. The van der Waals surface area contributed by atoms with Gasteiger partial charge in [-0.2, -0.15) is 14.7 Å². The number of rotatable bonds is 5. The Bertz CT molecular complexity index is 928. The van der Waals surface area contributed by atoms with Gasteiger partial charge in [-0.1, -0.05) is 30.3 Å². The topological polar surface area (TPSA) is 72.9 Å². The minimum absolute atomic E-state index is 0.158. The fraction of sp³-hybridized carbons (Fsp3) is 0.176. The van der Waals surface area contributed by atoms with Gasteiger partial charge in [-0.3, -0.25) is 4.68 Å². The lowest BCUT2D eigenvalue weighted by atomic mass is 10.1. The van der Waals surface area contributed by atoms with E-state index in [-0.39, 0.29) is 6.04 Å². The number of nitrogens with one attached hydrogen (secondary N) is 1. The van der Waals surface area contributed by atoms with Crippen molar-refractivity contribution in [1.82, 2.24) is 29.4 Å². The summed E-state index contributed by atoms with van der Waals surface area (Å²) in [6, 6.07) is 14.2.